The van der Waals surface area contributed by atoms with E-state index in [1.54, 1.807) is 6.26 Å². The smallest absolute Gasteiger partial charge is 0.313 e. The van der Waals surface area contributed by atoms with E-state index in [0.717, 1.165) is 30.6 Å². The Morgan fingerprint density at radius 2 is 2.14 bits per heavy atom. The van der Waals surface area contributed by atoms with Gasteiger partial charge in [0.05, 0.1) is 23.8 Å². The van der Waals surface area contributed by atoms with Crippen LogP contribution in [0.3, 0.4) is 0 Å². The first-order valence-corrected chi connectivity index (χ1v) is 8.16. The van der Waals surface area contributed by atoms with Gasteiger partial charge in [-0.1, -0.05) is 0 Å². The van der Waals surface area contributed by atoms with Crippen molar-refractivity contribution in [3.63, 3.8) is 0 Å². The molecule has 2 N–H and O–H groups in total. The molecule has 1 aromatic heterocycles. The molecule has 1 amide bonds. The van der Waals surface area contributed by atoms with Crippen LogP contribution < -0.4 is 5.32 Å². The summed E-state index contributed by atoms with van der Waals surface area (Å²) >= 11 is 1.10. The number of nitrogens with one attached hydrogen (secondary N) is 1. The van der Waals surface area contributed by atoms with Crippen molar-refractivity contribution < 1.29 is 19.1 Å². The number of carboxylic acids is 1. The van der Waals surface area contributed by atoms with E-state index in [4.69, 9.17) is 9.52 Å². The largest absolute Gasteiger partial charge is 0.481 e. The minimum Gasteiger partial charge on any atom is -0.481 e. The molecule has 1 unspecified atom stereocenters. The van der Waals surface area contributed by atoms with Gasteiger partial charge in [-0.3, -0.25) is 14.5 Å². The number of carboxylic acid groups (broad SMARTS) is 1. The summed E-state index contributed by atoms with van der Waals surface area (Å²) in [6.45, 7) is 2.50. The van der Waals surface area contributed by atoms with Crippen LogP contribution in [0, 0.1) is 0 Å². The van der Waals surface area contributed by atoms with Crippen molar-refractivity contribution in [3.05, 3.63) is 24.2 Å². The van der Waals surface area contributed by atoms with Gasteiger partial charge in [0.2, 0.25) is 5.91 Å². The molecule has 0 bridgehead atoms. The second kappa shape index (κ2) is 8.09. The molecule has 0 aliphatic carbocycles. The number of nitrogens with zero attached hydrogens (tertiary/aromatic N) is 1. The molecular weight excluding hydrogens is 292 g/mol. The highest BCUT2D eigenvalue weighted by Crippen LogP contribution is 2.24. The number of hydrogen-bond acceptors (Lipinski definition) is 5. The van der Waals surface area contributed by atoms with Crippen molar-refractivity contribution in [2.24, 2.45) is 0 Å². The molecule has 1 fully saturated rings. The first kappa shape index (κ1) is 15.9. The van der Waals surface area contributed by atoms with E-state index in [1.807, 2.05) is 12.1 Å². The van der Waals surface area contributed by atoms with Gasteiger partial charge in [0.25, 0.3) is 0 Å². The first-order valence-electron chi connectivity index (χ1n) is 7.00. The van der Waals surface area contributed by atoms with E-state index in [9.17, 15) is 9.59 Å². The molecule has 21 heavy (non-hydrogen) atoms. The normalized spacial score (nSPS) is 16.8. The number of aliphatic carboxylic acids is 1. The predicted octanol–water partition coefficient (Wildman–Crippen LogP) is 1.35. The zero-order valence-electron chi connectivity index (χ0n) is 11.8. The van der Waals surface area contributed by atoms with Crippen LogP contribution in [0.1, 0.15) is 24.6 Å². The van der Waals surface area contributed by atoms with Gasteiger partial charge in [0.1, 0.15) is 5.76 Å². The van der Waals surface area contributed by atoms with Gasteiger partial charge in [-0.05, 0) is 38.1 Å². The summed E-state index contributed by atoms with van der Waals surface area (Å²) in [7, 11) is 0. The number of hydrogen-bond donors (Lipinski definition) is 2. The van der Waals surface area contributed by atoms with Crippen molar-refractivity contribution in [1.82, 2.24) is 10.2 Å². The number of carbonyl (C=O) groups excluding carboxylic acids is 1. The van der Waals surface area contributed by atoms with Gasteiger partial charge in [0, 0.05) is 6.54 Å². The van der Waals surface area contributed by atoms with Crippen LogP contribution >= 0.6 is 11.8 Å². The van der Waals surface area contributed by atoms with Gasteiger partial charge >= 0.3 is 5.97 Å². The predicted molar refractivity (Wildman–Crippen MR) is 80.2 cm³/mol. The topological polar surface area (TPSA) is 82.8 Å². The molecule has 2 heterocycles. The molecule has 0 saturated carbocycles. The summed E-state index contributed by atoms with van der Waals surface area (Å²) in [5, 5.41) is 11.4. The number of likely N-dealkylation sites (tertiary alicyclic amines) is 1. The van der Waals surface area contributed by atoms with E-state index < -0.39 is 5.97 Å². The van der Waals surface area contributed by atoms with Crippen LogP contribution in [0.2, 0.25) is 0 Å². The van der Waals surface area contributed by atoms with Crippen LogP contribution in [-0.4, -0.2) is 53.0 Å². The zero-order chi connectivity index (χ0) is 15.1. The molecule has 1 saturated heterocycles. The molecule has 7 heteroatoms. The highest BCUT2D eigenvalue weighted by Gasteiger charge is 2.25. The van der Waals surface area contributed by atoms with E-state index in [2.05, 4.69) is 10.2 Å². The number of rotatable bonds is 8. The minimum atomic E-state index is -0.904. The molecule has 1 aliphatic heterocycles. The fraction of sp³-hybridized carbons (Fsp3) is 0.571. The molecule has 116 valence electrons. The summed E-state index contributed by atoms with van der Waals surface area (Å²) in [4.78, 5) is 24.5. The Bertz CT molecular complexity index is 458. The summed E-state index contributed by atoms with van der Waals surface area (Å²) in [6.07, 6.45) is 3.97. The van der Waals surface area contributed by atoms with E-state index in [0.29, 0.717) is 6.54 Å². The lowest BCUT2D eigenvalue weighted by Gasteiger charge is -2.25. The van der Waals surface area contributed by atoms with Crippen molar-refractivity contribution in [1.29, 1.82) is 0 Å². The van der Waals surface area contributed by atoms with Gasteiger partial charge in [-0.2, -0.15) is 0 Å². The Kier molecular flexibility index (Phi) is 6.13. The molecule has 6 nitrogen and oxygen atoms in total. The third-order valence-corrected chi connectivity index (χ3v) is 4.32. The van der Waals surface area contributed by atoms with Crippen LogP contribution in [0.25, 0.3) is 0 Å². The number of thioether (sulfide) groups is 1. The average molecular weight is 312 g/mol. The molecule has 1 atom stereocenters. The standard InChI is InChI=1S/C14H20N2O4S/c17-13(9-21-10-14(18)19)15-8-11(12-4-3-7-20-12)16-5-1-2-6-16/h3-4,7,11H,1-2,5-6,8-10H2,(H,15,17)(H,18,19). The average Bonchev–Trinajstić information content (AvgIpc) is 3.11. The summed E-state index contributed by atoms with van der Waals surface area (Å²) < 4.78 is 5.48. The highest BCUT2D eigenvalue weighted by atomic mass is 32.2. The second-order valence-electron chi connectivity index (χ2n) is 4.96. The van der Waals surface area contributed by atoms with Crippen LogP contribution in [0.4, 0.5) is 0 Å². The van der Waals surface area contributed by atoms with E-state index in [-0.39, 0.29) is 23.5 Å². The number of furan rings is 1. The lowest BCUT2D eigenvalue weighted by Crippen LogP contribution is -2.37. The molecule has 0 spiro atoms. The zero-order valence-corrected chi connectivity index (χ0v) is 12.6. The minimum absolute atomic E-state index is 0.0518. The van der Waals surface area contributed by atoms with Crippen LogP contribution in [-0.2, 0) is 9.59 Å². The lowest BCUT2D eigenvalue weighted by atomic mass is 10.2. The van der Waals surface area contributed by atoms with Crippen molar-refractivity contribution >= 4 is 23.6 Å². The number of amides is 1. The second-order valence-corrected chi connectivity index (χ2v) is 5.95. The molecular formula is C14H20N2O4S. The third-order valence-electron chi connectivity index (χ3n) is 3.40. The van der Waals surface area contributed by atoms with Gasteiger partial charge in [-0.15, -0.1) is 11.8 Å². The molecule has 2 rings (SSSR count). The Balaban J connectivity index is 1.82. The molecule has 1 aromatic rings. The van der Waals surface area contributed by atoms with Crippen molar-refractivity contribution in [2.45, 2.75) is 18.9 Å². The maximum Gasteiger partial charge on any atom is 0.313 e. The lowest BCUT2D eigenvalue weighted by molar-refractivity contribution is -0.133. The van der Waals surface area contributed by atoms with E-state index in [1.165, 1.54) is 12.8 Å². The Labute approximate surface area is 127 Å². The Morgan fingerprint density at radius 1 is 1.38 bits per heavy atom. The first-order chi connectivity index (χ1) is 10.2. The van der Waals surface area contributed by atoms with E-state index >= 15 is 0 Å². The highest BCUT2D eigenvalue weighted by molar-refractivity contribution is 8.00. The van der Waals surface area contributed by atoms with Crippen molar-refractivity contribution in [3.8, 4) is 0 Å². The molecule has 1 aliphatic rings. The van der Waals surface area contributed by atoms with Gasteiger partial charge in [0.15, 0.2) is 0 Å². The quantitative estimate of drug-likeness (QED) is 0.754. The van der Waals surface area contributed by atoms with Crippen LogP contribution in [0.5, 0.6) is 0 Å². The summed E-state index contributed by atoms with van der Waals surface area (Å²) in [6, 6.07) is 3.83. The summed E-state index contributed by atoms with van der Waals surface area (Å²) in [5.74, 6) is -0.0797. The van der Waals surface area contributed by atoms with Gasteiger partial charge in [-0.25, -0.2) is 0 Å². The van der Waals surface area contributed by atoms with Crippen LogP contribution in [0.15, 0.2) is 22.8 Å². The maximum atomic E-state index is 11.7. The fourth-order valence-corrected chi connectivity index (χ4v) is 3.00. The Hall–Kier alpha value is -1.47. The monoisotopic (exact) mass is 312 g/mol. The summed E-state index contributed by atoms with van der Waals surface area (Å²) in [5.41, 5.74) is 0. The van der Waals surface area contributed by atoms with Crippen molar-refractivity contribution in [2.75, 3.05) is 31.1 Å². The third kappa shape index (κ3) is 5.09. The molecule has 0 radical (unpaired) electrons. The maximum absolute atomic E-state index is 11.7. The fourth-order valence-electron chi connectivity index (χ4n) is 2.44. The van der Waals surface area contributed by atoms with Gasteiger partial charge < -0.3 is 14.8 Å². The molecule has 0 aromatic carbocycles. The SMILES string of the molecule is O=C(O)CSCC(=O)NCC(c1ccco1)N1CCCC1. The number of carbonyl (C=O) groups is 2. The Morgan fingerprint density at radius 3 is 2.76 bits per heavy atom.